The molecule has 0 atom stereocenters. The van der Waals surface area contributed by atoms with Gasteiger partial charge < -0.3 is 5.11 Å². The Labute approximate surface area is 141 Å². The maximum atomic E-state index is 10.8. The summed E-state index contributed by atoms with van der Waals surface area (Å²) < 4.78 is 0. The number of hydrogen-bond acceptors (Lipinski definition) is 2. The van der Waals surface area contributed by atoms with E-state index in [9.17, 15) is 4.79 Å². The van der Waals surface area contributed by atoms with Gasteiger partial charge in [0.2, 0.25) is 0 Å². The lowest BCUT2D eigenvalue weighted by Crippen LogP contribution is -2.00. The molecule has 2 aromatic rings. The summed E-state index contributed by atoms with van der Waals surface area (Å²) in [4.78, 5) is 11.7. The Balaban J connectivity index is 2.04. The van der Waals surface area contributed by atoms with Crippen LogP contribution >= 0.6 is 12.2 Å². The molecule has 1 N–H and O–H groups in total. The predicted molar refractivity (Wildman–Crippen MR) is 99.9 cm³/mol. The number of hydrogen-bond donors (Lipinski definition) is 1. The number of allylic oxidation sites excluding steroid dienone is 1. The van der Waals surface area contributed by atoms with E-state index in [0.29, 0.717) is 5.56 Å². The summed E-state index contributed by atoms with van der Waals surface area (Å²) in [7, 11) is 0. The van der Waals surface area contributed by atoms with Gasteiger partial charge in [0.05, 0.1) is 5.56 Å². The summed E-state index contributed by atoms with van der Waals surface area (Å²) in [5, 5.41) is 8.87. The number of aromatic carboxylic acids is 1. The van der Waals surface area contributed by atoms with Crippen molar-refractivity contribution < 1.29 is 9.90 Å². The minimum absolute atomic E-state index is 0.292. The van der Waals surface area contributed by atoms with Crippen molar-refractivity contribution in [3.8, 4) is 0 Å². The van der Waals surface area contributed by atoms with Gasteiger partial charge in [0.1, 0.15) is 0 Å². The van der Waals surface area contributed by atoms with Crippen molar-refractivity contribution in [1.29, 1.82) is 0 Å². The fraction of sp³-hybridized carbons (Fsp3) is 0.100. The molecule has 2 rings (SSSR count). The summed E-state index contributed by atoms with van der Waals surface area (Å²) in [6.07, 6.45) is 4.70. The molecule has 0 fully saturated rings. The van der Waals surface area contributed by atoms with Crippen LogP contribution in [0.3, 0.4) is 0 Å². The highest BCUT2D eigenvalue weighted by Crippen LogP contribution is 2.12. The third-order valence-corrected chi connectivity index (χ3v) is 3.94. The third-order valence-electron chi connectivity index (χ3n) is 3.45. The van der Waals surface area contributed by atoms with E-state index in [1.807, 2.05) is 31.2 Å². The maximum absolute atomic E-state index is 10.8. The summed E-state index contributed by atoms with van der Waals surface area (Å²) >= 11 is 5.28. The molecule has 23 heavy (non-hydrogen) atoms. The van der Waals surface area contributed by atoms with Crippen LogP contribution in [0.25, 0.3) is 12.2 Å². The Bertz CT molecular complexity index is 753. The van der Waals surface area contributed by atoms with Crippen molar-refractivity contribution in [2.45, 2.75) is 13.3 Å². The van der Waals surface area contributed by atoms with E-state index < -0.39 is 5.97 Å². The Morgan fingerprint density at radius 3 is 1.96 bits per heavy atom. The fourth-order valence-electron chi connectivity index (χ4n) is 2.01. The first-order chi connectivity index (χ1) is 11.0. The molecule has 0 radical (unpaired) electrons. The highest BCUT2D eigenvalue weighted by Gasteiger charge is 2.01. The second-order valence-corrected chi connectivity index (χ2v) is 5.88. The molecule has 0 aliphatic carbocycles. The van der Waals surface area contributed by atoms with Crippen molar-refractivity contribution in [2.24, 2.45) is 0 Å². The van der Waals surface area contributed by atoms with E-state index >= 15 is 0 Å². The van der Waals surface area contributed by atoms with Gasteiger partial charge in [-0.2, -0.15) is 0 Å². The zero-order valence-electron chi connectivity index (χ0n) is 13.0. The van der Waals surface area contributed by atoms with Gasteiger partial charge in [0.25, 0.3) is 0 Å². The van der Waals surface area contributed by atoms with E-state index in [1.54, 1.807) is 24.3 Å². The fourth-order valence-corrected chi connectivity index (χ4v) is 2.18. The minimum atomic E-state index is -0.913. The molecular formula is C20H18O2S. The molecule has 0 heterocycles. The van der Waals surface area contributed by atoms with Crippen LogP contribution in [0.1, 0.15) is 34.0 Å². The molecule has 0 aromatic heterocycles. The molecule has 0 amide bonds. The van der Waals surface area contributed by atoms with Gasteiger partial charge in [0.15, 0.2) is 0 Å². The lowest BCUT2D eigenvalue weighted by Gasteiger charge is -2.03. The standard InChI is InChI=1S/C20H18O2S/c1-14(2)19(23)13-17-7-5-15(6-8-17)3-4-16-9-11-18(12-10-16)20(21)22/h3-12H,1,13H2,2H3,(H,21,22)/b4-3+. The van der Waals surface area contributed by atoms with E-state index in [0.717, 1.165) is 28.0 Å². The van der Waals surface area contributed by atoms with Gasteiger partial charge in [0, 0.05) is 11.3 Å². The lowest BCUT2D eigenvalue weighted by atomic mass is 10.0. The van der Waals surface area contributed by atoms with Crippen LogP contribution in [0, 0.1) is 0 Å². The van der Waals surface area contributed by atoms with Crippen LogP contribution in [0.5, 0.6) is 0 Å². The molecule has 0 spiro atoms. The van der Waals surface area contributed by atoms with Crippen LogP contribution in [-0.2, 0) is 6.42 Å². The second kappa shape index (κ2) is 7.65. The first-order valence-corrected chi connectivity index (χ1v) is 7.65. The van der Waals surface area contributed by atoms with E-state index in [4.69, 9.17) is 17.3 Å². The highest BCUT2D eigenvalue weighted by molar-refractivity contribution is 7.80. The molecule has 0 saturated carbocycles. The Hall–Kier alpha value is -2.52. The minimum Gasteiger partial charge on any atom is -0.478 e. The van der Waals surface area contributed by atoms with Gasteiger partial charge in [-0.05, 0) is 41.3 Å². The Morgan fingerprint density at radius 2 is 1.52 bits per heavy atom. The first kappa shape index (κ1) is 16.8. The predicted octanol–water partition coefficient (Wildman–Crippen LogP) is 5.04. The number of thiocarbonyl (C=S) groups is 1. The highest BCUT2D eigenvalue weighted by atomic mass is 32.1. The third kappa shape index (κ3) is 5.01. The molecule has 3 heteroatoms. The molecule has 116 valence electrons. The lowest BCUT2D eigenvalue weighted by molar-refractivity contribution is 0.0697. The average molecular weight is 322 g/mol. The molecule has 2 aromatic carbocycles. The van der Waals surface area contributed by atoms with E-state index in [-0.39, 0.29) is 0 Å². The van der Waals surface area contributed by atoms with Crippen LogP contribution in [0.2, 0.25) is 0 Å². The average Bonchev–Trinajstić information content (AvgIpc) is 2.54. The van der Waals surface area contributed by atoms with Gasteiger partial charge >= 0.3 is 5.97 Å². The smallest absolute Gasteiger partial charge is 0.335 e. The number of carboxylic acid groups (broad SMARTS) is 1. The van der Waals surface area contributed by atoms with Gasteiger partial charge in [-0.1, -0.05) is 67.3 Å². The quantitative estimate of drug-likeness (QED) is 0.460. The van der Waals surface area contributed by atoms with Crippen molar-refractivity contribution >= 4 is 35.2 Å². The zero-order chi connectivity index (χ0) is 16.8. The second-order valence-electron chi connectivity index (χ2n) is 5.38. The number of carbonyl (C=O) groups is 1. The molecule has 0 aliphatic heterocycles. The number of benzene rings is 2. The Morgan fingerprint density at radius 1 is 1.04 bits per heavy atom. The van der Waals surface area contributed by atoms with Crippen LogP contribution in [-0.4, -0.2) is 15.9 Å². The number of carboxylic acids is 1. The largest absolute Gasteiger partial charge is 0.478 e. The van der Waals surface area contributed by atoms with Gasteiger partial charge in [-0.3, -0.25) is 0 Å². The van der Waals surface area contributed by atoms with Crippen molar-refractivity contribution in [3.63, 3.8) is 0 Å². The zero-order valence-corrected chi connectivity index (χ0v) is 13.8. The van der Waals surface area contributed by atoms with Crippen LogP contribution in [0.15, 0.2) is 60.7 Å². The summed E-state index contributed by atoms with van der Waals surface area (Å²) in [5.41, 5.74) is 4.44. The Kier molecular flexibility index (Phi) is 5.61. The maximum Gasteiger partial charge on any atom is 0.335 e. The van der Waals surface area contributed by atoms with Gasteiger partial charge in [-0.25, -0.2) is 4.79 Å². The molecule has 0 unspecified atom stereocenters. The van der Waals surface area contributed by atoms with Crippen molar-refractivity contribution in [2.75, 3.05) is 0 Å². The van der Waals surface area contributed by atoms with Crippen LogP contribution < -0.4 is 0 Å². The van der Waals surface area contributed by atoms with Crippen molar-refractivity contribution in [1.82, 2.24) is 0 Å². The normalized spacial score (nSPS) is 10.7. The molecule has 0 aliphatic rings. The molecule has 0 saturated heterocycles. The topological polar surface area (TPSA) is 37.3 Å². The van der Waals surface area contributed by atoms with E-state index in [1.165, 1.54) is 5.56 Å². The molecule has 0 bridgehead atoms. The van der Waals surface area contributed by atoms with Gasteiger partial charge in [-0.15, -0.1) is 0 Å². The van der Waals surface area contributed by atoms with Crippen molar-refractivity contribution in [3.05, 3.63) is 82.9 Å². The summed E-state index contributed by atoms with van der Waals surface area (Å²) in [6.45, 7) is 5.79. The SMILES string of the molecule is C=C(C)C(=S)Cc1ccc(/C=C/c2ccc(C(=O)O)cc2)cc1. The summed E-state index contributed by atoms with van der Waals surface area (Å²) in [6, 6.07) is 15.0. The molecular weight excluding hydrogens is 304 g/mol. The van der Waals surface area contributed by atoms with E-state index in [2.05, 4.69) is 18.7 Å². The van der Waals surface area contributed by atoms with Crippen LogP contribution in [0.4, 0.5) is 0 Å². The first-order valence-electron chi connectivity index (χ1n) is 7.25. The summed E-state index contributed by atoms with van der Waals surface area (Å²) in [5.74, 6) is -0.913. The molecule has 2 nitrogen and oxygen atoms in total. The number of rotatable bonds is 6. The monoisotopic (exact) mass is 322 g/mol.